The summed E-state index contributed by atoms with van der Waals surface area (Å²) >= 11 is 0. The van der Waals surface area contributed by atoms with Crippen LogP contribution in [0, 0.1) is 0 Å². The standard InChI is InChI=1S/C21H23NO4/c1-14(2)15-3-6-17(7-4-15)22-21(24)10-8-18(23)16-5-9-19-20(13-16)26-12-11-25-19/h3-7,9,13-14H,8,10-12H2,1-2H3,(H,22,24). The Labute approximate surface area is 153 Å². The van der Waals surface area contributed by atoms with E-state index in [9.17, 15) is 9.59 Å². The first kappa shape index (κ1) is 18.0. The zero-order chi connectivity index (χ0) is 18.5. The minimum absolute atomic E-state index is 0.0905. The number of amides is 1. The molecule has 0 radical (unpaired) electrons. The highest BCUT2D eigenvalue weighted by molar-refractivity contribution is 6.00. The van der Waals surface area contributed by atoms with E-state index in [2.05, 4.69) is 19.2 Å². The summed E-state index contributed by atoms with van der Waals surface area (Å²) in [6.45, 7) is 5.23. The van der Waals surface area contributed by atoms with Gasteiger partial charge >= 0.3 is 0 Å². The highest BCUT2D eigenvalue weighted by atomic mass is 16.6. The van der Waals surface area contributed by atoms with Crippen LogP contribution in [0.25, 0.3) is 0 Å². The van der Waals surface area contributed by atoms with Crippen LogP contribution in [0.5, 0.6) is 11.5 Å². The van der Waals surface area contributed by atoms with E-state index in [1.165, 1.54) is 5.56 Å². The van der Waals surface area contributed by atoms with Crippen LogP contribution in [-0.4, -0.2) is 24.9 Å². The molecule has 0 atom stereocenters. The molecule has 1 N–H and O–H groups in total. The van der Waals surface area contributed by atoms with E-state index in [0.29, 0.717) is 36.2 Å². The minimum Gasteiger partial charge on any atom is -0.486 e. The number of ketones is 1. The normalized spacial score (nSPS) is 12.7. The summed E-state index contributed by atoms with van der Waals surface area (Å²) in [7, 11) is 0. The smallest absolute Gasteiger partial charge is 0.224 e. The van der Waals surface area contributed by atoms with Gasteiger partial charge in [0.2, 0.25) is 5.91 Å². The summed E-state index contributed by atoms with van der Waals surface area (Å²) in [6, 6.07) is 12.9. The molecule has 2 aromatic rings. The van der Waals surface area contributed by atoms with Gasteiger partial charge in [0.25, 0.3) is 0 Å². The van der Waals surface area contributed by atoms with E-state index in [1.807, 2.05) is 24.3 Å². The molecule has 5 nitrogen and oxygen atoms in total. The topological polar surface area (TPSA) is 64.6 Å². The van der Waals surface area contributed by atoms with Crippen molar-refractivity contribution in [2.75, 3.05) is 18.5 Å². The Balaban J connectivity index is 1.53. The molecule has 0 aliphatic carbocycles. The zero-order valence-electron chi connectivity index (χ0n) is 15.1. The summed E-state index contributed by atoms with van der Waals surface area (Å²) in [5, 5.41) is 2.83. The van der Waals surface area contributed by atoms with Crippen LogP contribution in [-0.2, 0) is 4.79 Å². The molecule has 0 spiro atoms. The van der Waals surface area contributed by atoms with Crippen LogP contribution in [0.1, 0.15) is 48.5 Å². The zero-order valence-corrected chi connectivity index (χ0v) is 15.1. The lowest BCUT2D eigenvalue weighted by molar-refractivity contribution is -0.116. The lowest BCUT2D eigenvalue weighted by Gasteiger charge is -2.18. The van der Waals surface area contributed by atoms with Crippen LogP contribution < -0.4 is 14.8 Å². The molecule has 1 aliphatic heterocycles. The van der Waals surface area contributed by atoms with Crippen LogP contribution in [0.4, 0.5) is 5.69 Å². The van der Waals surface area contributed by atoms with Crippen molar-refractivity contribution in [2.24, 2.45) is 0 Å². The molecule has 136 valence electrons. The molecule has 1 heterocycles. The number of rotatable bonds is 6. The maximum absolute atomic E-state index is 12.3. The molecule has 0 unspecified atom stereocenters. The molecule has 0 saturated heterocycles. The van der Waals surface area contributed by atoms with Crippen LogP contribution in [0.2, 0.25) is 0 Å². The second-order valence-corrected chi connectivity index (χ2v) is 6.61. The van der Waals surface area contributed by atoms with Crippen molar-refractivity contribution >= 4 is 17.4 Å². The van der Waals surface area contributed by atoms with Gasteiger partial charge in [-0.15, -0.1) is 0 Å². The number of hydrogen-bond acceptors (Lipinski definition) is 4. The number of anilines is 1. The number of ether oxygens (including phenoxy) is 2. The first-order chi connectivity index (χ1) is 12.5. The van der Waals surface area contributed by atoms with E-state index in [4.69, 9.17) is 9.47 Å². The van der Waals surface area contributed by atoms with Gasteiger partial charge in [-0.1, -0.05) is 26.0 Å². The molecule has 2 aromatic carbocycles. The van der Waals surface area contributed by atoms with E-state index in [1.54, 1.807) is 18.2 Å². The van der Waals surface area contributed by atoms with E-state index in [0.717, 1.165) is 5.69 Å². The first-order valence-electron chi connectivity index (χ1n) is 8.85. The summed E-state index contributed by atoms with van der Waals surface area (Å²) in [5.41, 5.74) is 2.49. The third-order valence-corrected chi connectivity index (χ3v) is 4.30. The Morgan fingerprint density at radius 3 is 2.35 bits per heavy atom. The predicted molar refractivity (Wildman–Crippen MR) is 100 cm³/mol. The summed E-state index contributed by atoms with van der Waals surface area (Å²) in [6.07, 6.45) is 0.286. The quantitative estimate of drug-likeness (QED) is 0.791. The highest BCUT2D eigenvalue weighted by Crippen LogP contribution is 2.31. The van der Waals surface area contributed by atoms with Gasteiger partial charge in [0.1, 0.15) is 13.2 Å². The molecule has 1 aliphatic rings. The van der Waals surface area contributed by atoms with Gasteiger partial charge < -0.3 is 14.8 Å². The Hall–Kier alpha value is -2.82. The number of carbonyl (C=O) groups excluding carboxylic acids is 2. The van der Waals surface area contributed by atoms with Crippen molar-refractivity contribution < 1.29 is 19.1 Å². The maximum atomic E-state index is 12.3. The number of fused-ring (bicyclic) bond motifs is 1. The largest absolute Gasteiger partial charge is 0.486 e. The highest BCUT2D eigenvalue weighted by Gasteiger charge is 2.16. The third kappa shape index (κ3) is 4.42. The molecule has 5 heteroatoms. The van der Waals surface area contributed by atoms with Crippen molar-refractivity contribution in [1.82, 2.24) is 0 Å². The Bertz CT molecular complexity index is 796. The van der Waals surface area contributed by atoms with Crippen LogP contribution in [0.3, 0.4) is 0 Å². The number of nitrogens with one attached hydrogen (secondary N) is 1. The van der Waals surface area contributed by atoms with Crippen molar-refractivity contribution in [3.8, 4) is 11.5 Å². The fraction of sp³-hybridized carbons (Fsp3) is 0.333. The SMILES string of the molecule is CC(C)c1ccc(NC(=O)CCC(=O)c2ccc3c(c2)OCCO3)cc1. The van der Waals surface area contributed by atoms with Crippen molar-refractivity contribution in [1.29, 1.82) is 0 Å². The van der Waals surface area contributed by atoms with Gasteiger partial charge in [-0.3, -0.25) is 9.59 Å². The number of hydrogen-bond donors (Lipinski definition) is 1. The predicted octanol–water partition coefficient (Wildman–Crippen LogP) is 4.18. The van der Waals surface area contributed by atoms with Gasteiger partial charge in [0.15, 0.2) is 17.3 Å². The first-order valence-corrected chi connectivity index (χ1v) is 8.85. The maximum Gasteiger partial charge on any atom is 0.224 e. The minimum atomic E-state index is -0.173. The lowest BCUT2D eigenvalue weighted by atomic mass is 10.0. The van der Waals surface area contributed by atoms with E-state index >= 15 is 0 Å². The number of Topliss-reactive ketones (excluding diaryl/α,β-unsaturated/α-hetero) is 1. The molecule has 26 heavy (non-hydrogen) atoms. The van der Waals surface area contributed by atoms with Crippen LogP contribution >= 0.6 is 0 Å². The van der Waals surface area contributed by atoms with Gasteiger partial charge in [-0.2, -0.15) is 0 Å². The van der Waals surface area contributed by atoms with Gasteiger partial charge in [0.05, 0.1) is 0 Å². The monoisotopic (exact) mass is 353 g/mol. The molecule has 0 bridgehead atoms. The summed E-state index contributed by atoms with van der Waals surface area (Å²) in [5.74, 6) is 1.41. The second-order valence-electron chi connectivity index (χ2n) is 6.61. The van der Waals surface area contributed by atoms with E-state index in [-0.39, 0.29) is 24.5 Å². The Kier molecular flexibility index (Phi) is 5.56. The molecular formula is C21H23NO4. The van der Waals surface area contributed by atoms with E-state index < -0.39 is 0 Å². The van der Waals surface area contributed by atoms with Crippen molar-refractivity contribution in [3.05, 3.63) is 53.6 Å². The molecular weight excluding hydrogens is 330 g/mol. The average Bonchev–Trinajstić information content (AvgIpc) is 2.66. The summed E-state index contributed by atoms with van der Waals surface area (Å²) in [4.78, 5) is 24.4. The van der Waals surface area contributed by atoms with Crippen LogP contribution in [0.15, 0.2) is 42.5 Å². The number of carbonyl (C=O) groups is 2. The fourth-order valence-corrected chi connectivity index (χ4v) is 2.76. The lowest BCUT2D eigenvalue weighted by Crippen LogP contribution is -2.16. The van der Waals surface area contributed by atoms with Gasteiger partial charge in [0, 0.05) is 24.1 Å². The summed E-state index contributed by atoms with van der Waals surface area (Å²) < 4.78 is 10.9. The Morgan fingerprint density at radius 1 is 0.962 bits per heavy atom. The van der Waals surface area contributed by atoms with Gasteiger partial charge in [-0.25, -0.2) is 0 Å². The Morgan fingerprint density at radius 2 is 1.65 bits per heavy atom. The van der Waals surface area contributed by atoms with Crippen molar-refractivity contribution in [3.63, 3.8) is 0 Å². The molecule has 0 fully saturated rings. The van der Waals surface area contributed by atoms with Gasteiger partial charge in [-0.05, 0) is 41.8 Å². The van der Waals surface area contributed by atoms with Crippen molar-refractivity contribution in [2.45, 2.75) is 32.6 Å². The molecule has 3 rings (SSSR count). The second kappa shape index (κ2) is 8.04. The number of benzene rings is 2. The molecule has 0 aromatic heterocycles. The third-order valence-electron chi connectivity index (χ3n) is 4.30. The molecule has 1 amide bonds. The molecule has 0 saturated carbocycles. The fourth-order valence-electron chi connectivity index (χ4n) is 2.76. The average molecular weight is 353 g/mol.